The standard InChI is InChI=1S/C14H17F2N3O/c1-3-19-9-11(8-17-19)10(2)18-12-6-4-5-7-13(12)20-14(15)16/h4-10,14,18H,3H2,1-2H3. The molecule has 0 spiro atoms. The normalized spacial score (nSPS) is 12.4. The summed E-state index contributed by atoms with van der Waals surface area (Å²) in [4.78, 5) is 0. The smallest absolute Gasteiger partial charge is 0.387 e. The maximum atomic E-state index is 12.3. The highest BCUT2D eigenvalue weighted by Gasteiger charge is 2.13. The number of alkyl halides is 2. The minimum absolute atomic E-state index is 0.0577. The summed E-state index contributed by atoms with van der Waals surface area (Å²) in [6, 6.07) is 6.58. The maximum absolute atomic E-state index is 12.3. The van der Waals surface area contributed by atoms with Gasteiger partial charge in [0.05, 0.1) is 17.9 Å². The van der Waals surface area contributed by atoms with Gasteiger partial charge in [-0.15, -0.1) is 0 Å². The third kappa shape index (κ3) is 3.46. The molecule has 0 aliphatic carbocycles. The van der Waals surface area contributed by atoms with Crippen LogP contribution in [0, 0.1) is 0 Å². The summed E-state index contributed by atoms with van der Waals surface area (Å²) in [7, 11) is 0. The number of hydrogen-bond acceptors (Lipinski definition) is 3. The lowest BCUT2D eigenvalue weighted by molar-refractivity contribution is -0.0493. The molecule has 6 heteroatoms. The lowest BCUT2D eigenvalue weighted by Crippen LogP contribution is -2.09. The van der Waals surface area contributed by atoms with E-state index < -0.39 is 6.61 Å². The van der Waals surface area contributed by atoms with Crippen LogP contribution in [0.4, 0.5) is 14.5 Å². The molecule has 1 aromatic heterocycles. The Morgan fingerprint density at radius 2 is 2.10 bits per heavy atom. The Kier molecular flexibility index (Phi) is 4.55. The quantitative estimate of drug-likeness (QED) is 0.878. The second kappa shape index (κ2) is 6.36. The van der Waals surface area contributed by atoms with Gasteiger partial charge in [-0.05, 0) is 26.0 Å². The largest absolute Gasteiger partial charge is 0.433 e. The molecule has 2 rings (SSSR count). The average Bonchev–Trinajstić information content (AvgIpc) is 2.89. The van der Waals surface area contributed by atoms with Crippen molar-refractivity contribution in [2.24, 2.45) is 0 Å². The van der Waals surface area contributed by atoms with E-state index in [0.717, 1.165) is 12.1 Å². The van der Waals surface area contributed by atoms with Gasteiger partial charge in [0, 0.05) is 18.3 Å². The van der Waals surface area contributed by atoms with E-state index in [-0.39, 0.29) is 11.8 Å². The van der Waals surface area contributed by atoms with Gasteiger partial charge in [0.1, 0.15) is 5.75 Å². The van der Waals surface area contributed by atoms with Gasteiger partial charge in [-0.3, -0.25) is 4.68 Å². The Balaban J connectivity index is 2.12. The molecule has 0 aliphatic heterocycles. The van der Waals surface area contributed by atoms with Gasteiger partial charge >= 0.3 is 6.61 Å². The fourth-order valence-corrected chi connectivity index (χ4v) is 1.88. The Morgan fingerprint density at radius 3 is 2.75 bits per heavy atom. The summed E-state index contributed by atoms with van der Waals surface area (Å²) in [5, 5.41) is 7.35. The van der Waals surface area contributed by atoms with Crippen LogP contribution in [0.2, 0.25) is 0 Å². The highest BCUT2D eigenvalue weighted by atomic mass is 19.3. The summed E-state index contributed by atoms with van der Waals surface area (Å²) in [5.74, 6) is 0.136. The van der Waals surface area contributed by atoms with Crippen molar-refractivity contribution in [3.8, 4) is 5.75 Å². The summed E-state index contributed by atoms with van der Waals surface area (Å²) >= 11 is 0. The molecule has 1 unspecified atom stereocenters. The molecular formula is C14H17F2N3O. The summed E-state index contributed by atoms with van der Waals surface area (Å²) < 4.78 is 31.0. The van der Waals surface area contributed by atoms with E-state index >= 15 is 0 Å². The van der Waals surface area contributed by atoms with Crippen LogP contribution in [0.5, 0.6) is 5.75 Å². The Hall–Kier alpha value is -2.11. The first kappa shape index (κ1) is 14.3. The average molecular weight is 281 g/mol. The van der Waals surface area contributed by atoms with E-state index in [1.807, 2.05) is 24.7 Å². The Bertz CT molecular complexity index is 557. The maximum Gasteiger partial charge on any atom is 0.387 e. The molecule has 0 bridgehead atoms. The van der Waals surface area contributed by atoms with Gasteiger partial charge in [0.2, 0.25) is 0 Å². The number of halogens is 2. The number of aromatic nitrogens is 2. The molecule has 0 aliphatic rings. The van der Waals surface area contributed by atoms with Crippen LogP contribution >= 0.6 is 0 Å². The molecule has 0 fully saturated rings. The zero-order valence-electron chi connectivity index (χ0n) is 11.4. The van der Waals surface area contributed by atoms with E-state index in [2.05, 4.69) is 15.2 Å². The monoisotopic (exact) mass is 281 g/mol. The number of nitrogens with one attached hydrogen (secondary N) is 1. The molecule has 0 saturated heterocycles. The van der Waals surface area contributed by atoms with Crippen LogP contribution in [-0.4, -0.2) is 16.4 Å². The number of hydrogen-bond donors (Lipinski definition) is 1. The zero-order valence-corrected chi connectivity index (χ0v) is 11.4. The molecule has 2 aromatic rings. The predicted molar refractivity (Wildman–Crippen MR) is 73.0 cm³/mol. The van der Waals surface area contributed by atoms with E-state index in [4.69, 9.17) is 0 Å². The molecule has 1 N–H and O–H groups in total. The van der Waals surface area contributed by atoms with Crippen molar-refractivity contribution in [3.05, 3.63) is 42.2 Å². The molecule has 108 valence electrons. The third-order valence-corrected chi connectivity index (χ3v) is 2.95. The van der Waals surface area contributed by atoms with E-state index in [1.54, 1.807) is 24.4 Å². The molecule has 0 amide bonds. The van der Waals surface area contributed by atoms with Crippen molar-refractivity contribution in [2.75, 3.05) is 5.32 Å². The molecule has 20 heavy (non-hydrogen) atoms. The lowest BCUT2D eigenvalue weighted by Gasteiger charge is -2.17. The van der Waals surface area contributed by atoms with Crippen molar-refractivity contribution in [1.29, 1.82) is 0 Å². The fourth-order valence-electron chi connectivity index (χ4n) is 1.88. The molecule has 0 saturated carbocycles. The van der Waals surface area contributed by atoms with Crippen molar-refractivity contribution in [1.82, 2.24) is 9.78 Å². The highest BCUT2D eigenvalue weighted by molar-refractivity contribution is 5.57. The number of benzene rings is 1. The number of aryl methyl sites for hydroxylation is 1. The first-order valence-corrected chi connectivity index (χ1v) is 6.43. The van der Waals surface area contributed by atoms with Crippen molar-refractivity contribution < 1.29 is 13.5 Å². The highest BCUT2D eigenvalue weighted by Crippen LogP contribution is 2.29. The summed E-state index contributed by atoms with van der Waals surface area (Å²) in [6.07, 6.45) is 3.69. The minimum atomic E-state index is -2.84. The number of para-hydroxylation sites is 2. The number of anilines is 1. The predicted octanol–water partition coefficient (Wildman–Crippen LogP) is 3.68. The van der Waals surface area contributed by atoms with Crippen LogP contribution in [0.15, 0.2) is 36.7 Å². The van der Waals surface area contributed by atoms with Gasteiger partial charge in [0.25, 0.3) is 0 Å². The van der Waals surface area contributed by atoms with Crippen molar-refractivity contribution >= 4 is 5.69 Å². The third-order valence-electron chi connectivity index (χ3n) is 2.95. The molecule has 4 nitrogen and oxygen atoms in total. The van der Waals surface area contributed by atoms with Crippen LogP contribution in [0.3, 0.4) is 0 Å². The number of ether oxygens (including phenoxy) is 1. The van der Waals surface area contributed by atoms with Crippen LogP contribution < -0.4 is 10.1 Å². The first-order valence-electron chi connectivity index (χ1n) is 6.43. The van der Waals surface area contributed by atoms with Gasteiger partial charge in [-0.2, -0.15) is 13.9 Å². The second-order valence-corrected chi connectivity index (χ2v) is 4.37. The first-order chi connectivity index (χ1) is 9.60. The van der Waals surface area contributed by atoms with E-state index in [9.17, 15) is 8.78 Å². The SMILES string of the molecule is CCn1cc(C(C)Nc2ccccc2OC(F)F)cn1. The molecule has 1 heterocycles. The Morgan fingerprint density at radius 1 is 1.35 bits per heavy atom. The van der Waals surface area contributed by atoms with Crippen LogP contribution in [0.1, 0.15) is 25.5 Å². The molecule has 1 atom stereocenters. The molecule has 1 aromatic carbocycles. The van der Waals surface area contributed by atoms with Gasteiger partial charge < -0.3 is 10.1 Å². The molecule has 0 radical (unpaired) electrons. The van der Waals surface area contributed by atoms with Crippen molar-refractivity contribution in [2.45, 2.75) is 33.0 Å². The number of nitrogens with zero attached hydrogens (tertiary/aromatic N) is 2. The second-order valence-electron chi connectivity index (χ2n) is 4.37. The minimum Gasteiger partial charge on any atom is -0.433 e. The van der Waals surface area contributed by atoms with Gasteiger partial charge in [-0.25, -0.2) is 0 Å². The van der Waals surface area contributed by atoms with E-state index in [0.29, 0.717) is 5.69 Å². The van der Waals surface area contributed by atoms with Crippen molar-refractivity contribution in [3.63, 3.8) is 0 Å². The Labute approximate surface area is 116 Å². The van der Waals surface area contributed by atoms with Crippen LogP contribution in [-0.2, 0) is 6.54 Å². The summed E-state index contributed by atoms with van der Waals surface area (Å²) in [6.45, 7) is 1.89. The summed E-state index contributed by atoms with van der Waals surface area (Å²) in [5.41, 5.74) is 1.52. The fraction of sp³-hybridized carbons (Fsp3) is 0.357. The lowest BCUT2D eigenvalue weighted by atomic mass is 10.1. The van der Waals surface area contributed by atoms with Gasteiger partial charge in [0.15, 0.2) is 0 Å². The zero-order chi connectivity index (χ0) is 14.5. The van der Waals surface area contributed by atoms with Crippen LogP contribution in [0.25, 0.3) is 0 Å². The van der Waals surface area contributed by atoms with Gasteiger partial charge in [-0.1, -0.05) is 12.1 Å². The topological polar surface area (TPSA) is 39.1 Å². The van der Waals surface area contributed by atoms with E-state index in [1.165, 1.54) is 6.07 Å². The molecular weight excluding hydrogens is 264 g/mol. The number of rotatable bonds is 6.